The second-order valence-corrected chi connectivity index (χ2v) is 30.5. The van der Waals surface area contributed by atoms with Crippen LogP contribution in [-0.2, 0) is 9.31 Å². The van der Waals surface area contributed by atoms with E-state index in [-0.39, 0.29) is 18.3 Å². The summed E-state index contributed by atoms with van der Waals surface area (Å²) in [4.78, 5) is 4.63. The smallest absolute Gasteiger partial charge is 0.399 e. The van der Waals surface area contributed by atoms with Crippen molar-refractivity contribution in [1.29, 1.82) is 0 Å². The van der Waals surface area contributed by atoms with Crippen molar-refractivity contribution >= 4 is 106 Å². The Morgan fingerprint density at radius 2 is 0.473 bits per heavy atom. The lowest BCUT2D eigenvalue weighted by molar-refractivity contribution is 0.00578. The molecule has 0 bridgehead atoms. The molecule has 1 aliphatic rings. The Kier molecular flexibility index (Phi) is 20.5. The zero-order chi connectivity index (χ0) is 76.0. The summed E-state index contributed by atoms with van der Waals surface area (Å²) in [5.41, 5.74) is 23.9. The van der Waals surface area contributed by atoms with E-state index in [0.717, 1.165) is 44.1 Å². The summed E-state index contributed by atoms with van der Waals surface area (Å²) in [7, 11) is -0.386. The normalized spacial score (nSPS) is 12.7. The molecule has 18 aromatic rings. The topological polar surface area (TPSA) is 24.9 Å². The molecule has 1 aliphatic heterocycles. The number of rotatable bonds is 14. The first-order valence-corrected chi connectivity index (χ1v) is 39.2. The molecule has 1 fully saturated rings. The summed E-state index contributed by atoms with van der Waals surface area (Å²) in [5.74, 6) is 0. The van der Waals surface area contributed by atoms with Gasteiger partial charge >= 0.3 is 7.12 Å². The van der Waals surface area contributed by atoms with Crippen LogP contribution in [0, 0.1) is 0 Å². The van der Waals surface area contributed by atoms with Gasteiger partial charge in [-0.05, 0) is 257 Å². The van der Waals surface area contributed by atoms with Gasteiger partial charge in [0.15, 0.2) is 0 Å². The molecule has 0 spiro atoms. The molecule has 0 amide bonds. The summed E-state index contributed by atoms with van der Waals surface area (Å²) in [5, 5.41) is 10.1. The Bertz CT molecular complexity index is 6090. The molecule has 1 heterocycles. The Labute approximate surface area is 666 Å². The van der Waals surface area contributed by atoms with Gasteiger partial charge in [0.05, 0.1) is 11.2 Å². The van der Waals surface area contributed by atoms with Gasteiger partial charge < -0.3 is 19.1 Å². The van der Waals surface area contributed by atoms with Gasteiger partial charge in [-0.1, -0.05) is 337 Å². The van der Waals surface area contributed by atoms with Gasteiger partial charge in [0.25, 0.3) is 0 Å². The van der Waals surface area contributed by atoms with Gasteiger partial charge in [-0.2, -0.15) is 0 Å². The first kappa shape index (κ1) is 72.0. The molecule has 4 nitrogen and oxygen atoms in total. The number of nitrogens with zero attached hydrogens (tertiary/aromatic N) is 2. The maximum atomic E-state index is 6.29. The minimum absolute atomic E-state index is 0.372. The number of benzene rings is 18. The van der Waals surface area contributed by atoms with Gasteiger partial charge in [-0.3, -0.25) is 0 Å². The summed E-state index contributed by atoms with van der Waals surface area (Å²) >= 11 is 3.55. The molecule has 1 saturated heterocycles. The molecule has 0 aliphatic carbocycles. The van der Waals surface area contributed by atoms with Gasteiger partial charge in [0.2, 0.25) is 0 Å². The van der Waals surface area contributed by atoms with Crippen molar-refractivity contribution in [2.45, 2.75) is 38.9 Å². The van der Waals surface area contributed by atoms with E-state index < -0.39 is 0 Å². The zero-order valence-corrected chi connectivity index (χ0v) is 64.7. The standard InChI is InChI=1S/C50H35N.C36H34BNO2.C20H13Br/c1-3-10-36(11-4-1)38-22-28-46(29-23-38)51(47-30-24-39(25-31-47)37-12-5-2-6-13-37)48-32-26-40(27-33-48)43-20-18-41-19-21-44(35-45(41)34-43)50-17-9-15-42-14-7-8-16-49(42)50;1-35(2)36(3,4)40-37(39-35)31-19-25-34(26-20-31)38(32-21-15-29(16-22-32)27-11-7-5-8-12-27)33-23-17-30(18-24-33)28-13-9-6-10-14-28;21-18-11-10-14-8-9-16(12-17(14)13-18)20-7-3-5-15-4-1-2-6-19(15)20/h1-35H;5-26H,1-4H3;1-13H. The van der Waals surface area contributed by atoms with Gasteiger partial charge in [-0.25, -0.2) is 0 Å². The van der Waals surface area contributed by atoms with E-state index in [4.69, 9.17) is 9.31 Å². The van der Waals surface area contributed by atoms with Crippen molar-refractivity contribution in [1.82, 2.24) is 0 Å². The quantitative estimate of drug-likeness (QED) is 0.101. The number of anilines is 6. The minimum Gasteiger partial charge on any atom is -0.399 e. The molecular weight excluding hydrogens is 1420 g/mol. The maximum absolute atomic E-state index is 6.29. The van der Waals surface area contributed by atoms with E-state index in [9.17, 15) is 0 Å². The summed E-state index contributed by atoms with van der Waals surface area (Å²) in [6, 6.07) is 152. The van der Waals surface area contributed by atoms with Crippen LogP contribution in [-0.4, -0.2) is 18.3 Å². The Morgan fingerprint density at radius 3 is 0.830 bits per heavy atom. The lowest BCUT2D eigenvalue weighted by Gasteiger charge is -2.32. The van der Waals surface area contributed by atoms with Gasteiger partial charge in [-0.15, -0.1) is 0 Å². The van der Waals surface area contributed by atoms with Crippen molar-refractivity contribution in [3.63, 3.8) is 0 Å². The summed E-state index contributed by atoms with van der Waals surface area (Å²) in [6.45, 7) is 8.34. The molecule has 0 unspecified atom stereocenters. The second-order valence-electron chi connectivity index (χ2n) is 29.6. The summed E-state index contributed by atoms with van der Waals surface area (Å²) < 4.78 is 13.7. The highest BCUT2D eigenvalue weighted by atomic mass is 79.9. The molecular formula is C106H82BBrN2O2. The highest BCUT2D eigenvalue weighted by Crippen LogP contribution is 2.43. The zero-order valence-electron chi connectivity index (χ0n) is 63.1. The van der Waals surface area contributed by atoms with Crippen molar-refractivity contribution in [3.8, 4) is 77.9 Å². The minimum atomic E-state index is -0.386. The summed E-state index contributed by atoms with van der Waals surface area (Å²) in [6.07, 6.45) is 0. The van der Waals surface area contributed by atoms with Crippen LogP contribution >= 0.6 is 15.9 Å². The third kappa shape index (κ3) is 15.5. The second kappa shape index (κ2) is 31.9. The Hall–Kier alpha value is -12.9. The molecule has 0 atom stereocenters. The number of hydrogen-bond acceptors (Lipinski definition) is 4. The lowest BCUT2D eigenvalue weighted by atomic mass is 9.79. The molecule has 112 heavy (non-hydrogen) atoms. The van der Waals surface area contributed by atoms with E-state index in [2.05, 4.69) is 466 Å². The number of fused-ring (bicyclic) bond motifs is 4. The monoisotopic (exact) mass is 1500 g/mol. The van der Waals surface area contributed by atoms with Crippen molar-refractivity contribution in [2.24, 2.45) is 0 Å². The SMILES string of the molecule is Brc1ccc2ccc(-c3cccc4ccccc34)cc2c1.CC1(C)OB(c2ccc(N(c3ccc(-c4ccccc4)cc3)c3ccc(-c4ccccc4)cc3)cc2)OC1(C)C.c1ccc(-c2ccc(N(c3ccc(-c4ccccc4)cc3)c3ccc(-c4ccc5ccc(-c6cccc7ccccc67)cc5c4)cc3)cc2)cc1. The molecule has 19 rings (SSSR count). The van der Waals surface area contributed by atoms with Gasteiger partial charge in [0, 0.05) is 38.6 Å². The fraction of sp³-hybridized carbons (Fsp3) is 0.0566. The van der Waals surface area contributed by atoms with Gasteiger partial charge in [0.1, 0.15) is 0 Å². The fourth-order valence-electron chi connectivity index (χ4n) is 15.1. The lowest BCUT2D eigenvalue weighted by Crippen LogP contribution is -2.41. The van der Waals surface area contributed by atoms with Crippen LogP contribution < -0.4 is 15.3 Å². The molecule has 0 saturated carbocycles. The van der Waals surface area contributed by atoms with E-state index in [0.29, 0.717) is 0 Å². The Balaban J connectivity index is 0.000000132. The van der Waals surface area contributed by atoms with E-state index in [1.54, 1.807) is 0 Å². The highest BCUT2D eigenvalue weighted by molar-refractivity contribution is 9.10. The number of halogens is 1. The molecule has 6 heteroatoms. The van der Waals surface area contributed by atoms with Crippen LogP contribution in [0.5, 0.6) is 0 Å². The fourth-order valence-corrected chi connectivity index (χ4v) is 15.5. The molecule has 538 valence electrons. The molecule has 0 radical (unpaired) electrons. The van der Waals surface area contributed by atoms with Crippen LogP contribution in [0.15, 0.2) is 429 Å². The molecule has 0 aromatic heterocycles. The van der Waals surface area contributed by atoms with Crippen LogP contribution in [0.25, 0.3) is 121 Å². The predicted molar refractivity (Wildman–Crippen MR) is 480 cm³/mol. The van der Waals surface area contributed by atoms with E-state index in [1.807, 2.05) is 12.1 Å². The van der Waals surface area contributed by atoms with Crippen molar-refractivity contribution in [3.05, 3.63) is 429 Å². The first-order valence-electron chi connectivity index (χ1n) is 38.4. The number of hydrogen-bond donors (Lipinski definition) is 0. The average molecular weight is 1510 g/mol. The first-order chi connectivity index (χ1) is 54.9. The van der Waals surface area contributed by atoms with Crippen molar-refractivity contribution in [2.75, 3.05) is 9.80 Å². The van der Waals surface area contributed by atoms with E-state index in [1.165, 1.54) is 121 Å². The molecule has 0 N–H and O–H groups in total. The maximum Gasteiger partial charge on any atom is 0.494 e. The Morgan fingerprint density at radius 1 is 0.214 bits per heavy atom. The predicted octanol–water partition coefficient (Wildman–Crippen LogP) is 29.3. The van der Waals surface area contributed by atoms with Crippen LogP contribution in [0.4, 0.5) is 34.1 Å². The van der Waals surface area contributed by atoms with Crippen LogP contribution in [0.3, 0.4) is 0 Å². The third-order valence-electron chi connectivity index (χ3n) is 21.9. The van der Waals surface area contributed by atoms with E-state index >= 15 is 0 Å². The average Bonchev–Trinajstić information content (AvgIpc) is 1.66. The van der Waals surface area contributed by atoms with Crippen molar-refractivity contribution < 1.29 is 9.31 Å². The van der Waals surface area contributed by atoms with Crippen LogP contribution in [0.1, 0.15) is 27.7 Å². The van der Waals surface area contributed by atoms with Crippen LogP contribution in [0.2, 0.25) is 0 Å². The molecule has 18 aromatic carbocycles. The third-order valence-corrected chi connectivity index (χ3v) is 22.4. The largest absolute Gasteiger partial charge is 0.494 e. The highest BCUT2D eigenvalue weighted by Gasteiger charge is 2.51.